The van der Waals surface area contributed by atoms with Crippen LogP contribution in [0.4, 0.5) is 0 Å². The Morgan fingerprint density at radius 3 is 2.72 bits per heavy atom. The molecule has 1 heterocycles. The summed E-state index contributed by atoms with van der Waals surface area (Å²) in [6.45, 7) is -0.0797. The highest BCUT2D eigenvalue weighted by Crippen LogP contribution is 2.36. The van der Waals surface area contributed by atoms with Crippen LogP contribution in [0, 0.1) is 0 Å². The largest absolute Gasteiger partial charge is 0.395 e. The smallest absolute Gasteiger partial charge is 0.0705 e. The van der Waals surface area contributed by atoms with E-state index in [0.717, 1.165) is 35.9 Å². The molecule has 1 aliphatic carbocycles. The zero-order valence-electron chi connectivity index (χ0n) is 10.3. The minimum atomic E-state index is -0.558. The van der Waals surface area contributed by atoms with Crippen LogP contribution in [0.2, 0.25) is 0 Å². The van der Waals surface area contributed by atoms with Gasteiger partial charge in [-0.05, 0) is 37.0 Å². The number of pyridine rings is 1. The first-order valence-electron chi connectivity index (χ1n) is 6.40. The van der Waals surface area contributed by atoms with Crippen LogP contribution < -0.4 is 0 Å². The summed E-state index contributed by atoms with van der Waals surface area (Å²) in [5.74, 6) is 0. The molecule has 94 valence electrons. The Morgan fingerprint density at radius 1 is 1.17 bits per heavy atom. The van der Waals surface area contributed by atoms with Gasteiger partial charge in [0.05, 0.1) is 29.8 Å². The Kier molecular flexibility index (Phi) is 2.80. The summed E-state index contributed by atoms with van der Waals surface area (Å²) in [5, 5.41) is 20.4. The molecular formula is C15H17NO2. The van der Waals surface area contributed by atoms with E-state index >= 15 is 0 Å². The van der Waals surface area contributed by atoms with Crippen molar-refractivity contribution in [1.82, 2.24) is 4.98 Å². The van der Waals surface area contributed by atoms with E-state index in [2.05, 4.69) is 12.1 Å². The second kappa shape index (κ2) is 4.34. The highest BCUT2D eigenvalue weighted by molar-refractivity contribution is 5.79. The average Bonchev–Trinajstić information content (AvgIpc) is 2.44. The van der Waals surface area contributed by atoms with E-state index in [1.54, 1.807) is 0 Å². The van der Waals surface area contributed by atoms with E-state index in [4.69, 9.17) is 4.98 Å². The molecule has 0 fully saturated rings. The maximum absolute atomic E-state index is 9.66. The van der Waals surface area contributed by atoms with Crippen LogP contribution in [0.25, 0.3) is 10.9 Å². The van der Waals surface area contributed by atoms with Crippen LogP contribution in [0.15, 0.2) is 30.3 Å². The Hall–Kier alpha value is -1.45. The summed E-state index contributed by atoms with van der Waals surface area (Å²) in [6.07, 6.45) is 2.78. The van der Waals surface area contributed by atoms with Crippen LogP contribution in [0.5, 0.6) is 0 Å². The molecule has 0 saturated carbocycles. The highest BCUT2D eigenvalue weighted by Gasteiger charge is 2.37. The maximum atomic E-state index is 9.66. The van der Waals surface area contributed by atoms with E-state index in [0.29, 0.717) is 0 Å². The molecule has 3 rings (SSSR count). The molecule has 1 aromatic carbocycles. The fourth-order valence-electron chi connectivity index (χ4n) is 2.90. The van der Waals surface area contributed by atoms with Crippen LogP contribution in [-0.2, 0) is 11.8 Å². The third kappa shape index (κ3) is 1.62. The van der Waals surface area contributed by atoms with Crippen molar-refractivity contribution in [2.75, 3.05) is 13.2 Å². The molecule has 0 saturated heterocycles. The van der Waals surface area contributed by atoms with Crippen molar-refractivity contribution in [1.29, 1.82) is 0 Å². The molecule has 0 spiro atoms. The zero-order valence-corrected chi connectivity index (χ0v) is 10.3. The predicted molar refractivity (Wildman–Crippen MR) is 70.5 cm³/mol. The van der Waals surface area contributed by atoms with Gasteiger partial charge in [0.1, 0.15) is 0 Å². The van der Waals surface area contributed by atoms with Crippen LogP contribution in [0.3, 0.4) is 0 Å². The van der Waals surface area contributed by atoms with Crippen LogP contribution >= 0.6 is 0 Å². The second-order valence-corrected chi connectivity index (χ2v) is 5.14. The number of aliphatic hydroxyl groups excluding tert-OH is 2. The van der Waals surface area contributed by atoms with E-state index in [-0.39, 0.29) is 13.2 Å². The van der Waals surface area contributed by atoms with Crippen molar-refractivity contribution in [3.05, 3.63) is 41.6 Å². The number of benzene rings is 1. The molecule has 18 heavy (non-hydrogen) atoms. The van der Waals surface area contributed by atoms with Crippen LogP contribution in [0.1, 0.15) is 24.1 Å². The molecule has 0 atom stereocenters. The number of aromatic nitrogens is 1. The molecule has 0 aliphatic heterocycles. The summed E-state index contributed by atoms with van der Waals surface area (Å²) < 4.78 is 0. The molecular weight excluding hydrogens is 226 g/mol. The molecule has 3 heteroatoms. The summed E-state index contributed by atoms with van der Waals surface area (Å²) in [4.78, 5) is 4.69. The van der Waals surface area contributed by atoms with Crippen molar-refractivity contribution < 1.29 is 10.2 Å². The van der Waals surface area contributed by atoms with E-state index in [1.165, 1.54) is 5.56 Å². The number of nitrogens with zero attached hydrogens (tertiary/aromatic N) is 1. The second-order valence-electron chi connectivity index (χ2n) is 5.14. The Morgan fingerprint density at radius 2 is 1.94 bits per heavy atom. The lowest BCUT2D eigenvalue weighted by molar-refractivity contribution is 0.0993. The lowest BCUT2D eigenvalue weighted by Crippen LogP contribution is -2.39. The van der Waals surface area contributed by atoms with Gasteiger partial charge in [-0.25, -0.2) is 0 Å². The third-order valence-corrected chi connectivity index (χ3v) is 4.01. The Labute approximate surface area is 106 Å². The average molecular weight is 243 g/mol. The number of aryl methyl sites for hydroxylation is 1. The van der Waals surface area contributed by atoms with Gasteiger partial charge in [-0.1, -0.05) is 18.2 Å². The number of para-hydroxylation sites is 1. The van der Waals surface area contributed by atoms with Gasteiger partial charge in [0.2, 0.25) is 0 Å². The van der Waals surface area contributed by atoms with Gasteiger partial charge < -0.3 is 10.2 Å². The standard InChI is InChI=1S/C15H17NO2/c17-9-15(10-18)7-3-5-12-8-11-4-1-2-6-13(11)16-14(12)15/h1-2,4,6,8,17-18H,3,5,7,9-10H2. The van der Waals surface area contributed by atoms with Gasteiger partial charge in [-0.2, -0.15) is 0 Å². The van der Waals surface area contributed by atoms with Gasteiger partial charge in [0.25, 0.3) is 0 Å². The van der Waals surface area contributed by atoms with Crippen molar-refractivity contribution >= 4 is 10.9 Å². The summed E-state index contributed by atoms with van der Waals surface area (Å²) >= 11 is 0. The number of rotatable bonds is 2. The maximum Gasteiger partial charge on any atom is 0.0705 e. The van der Waals surface area contributed by atoms with Gasteiger partial charge in [0.15, 0.2) is 0 Å². The fourth-order valence-corrected chi connectivity index (χ4v) is 2.90. The Bertz CT molecular complexity index is 576. The zero-order chi connectivity index (χ0) is 12.6. The summed E-state index contributed by atoms with van der Waals surface area (Å²) in [7, 11) is 0. The molecule has 0 unspecified atom stereocenters. The minimum absolute atomic E-state index is 0.0398. The quantitative estimate of drug-likeness (QED) is 0.845. The predicted octanol–water partition coefficient (Wildman–Crippen LogP) is 1.79. The van der Waals surface area contributed by atoms with Gasteiger partial charge in [0, 0.05) is 5.39 Å². The topological polar surface area (TPSA) is 53.4 Å². The number of aliphatic hydroxyl groups is 2. The van der Waals surface area contributed by atoms with Crippen molar-refractivity contribution in [3.8, 4) is 0 Å². The molecule has 2 aromatic rings. The SMILES string of the molecule is OCC1(CO)CCCc2cc3ccccc3nc21. The molecule has 2 N–H and O–H groups in total. The minimum Gasteiger partial charge on any atom is -0.395 e. The normalized spacial score (nSPS) is 17.7. The number of hydrogen-bond donors (Lipinski definition) is 2. The lowest BCUT2D eigenvalue weighted by Gasteiger charge is -2.35. The van der Waals surface area contributed by atoms with E-state index in [9.17, 15) is 10.2 Å². The molecule has 0 bridgehead atoms. The van der Waals surface area contributed by atoms with E-state index in [1.807, 2.05) is 18.2 Å². The van der Waals surface area contributed by atoms with Gasteiger partial charge in [-0.3, -0.25) is 4.98 Å². The first-order chi connectivity index (χ1) is 8.79. The number of fused-ring (bicyclic) bond motifs is 2. The highest BCUT2D eigenvalue weighted by atomic mass is 16.3. The molecule has 0 amide bonds. The van der Waals surface area contributed by atoms with Crippen LogP contribution in [-0.4, -0.2) is 28.4 Å². The van der Waals surface area contributed by atoms with Gasteiger partial charge >= 0.3 is 0 Å². The molecule has 3 nitrogen and oxygen atoms in total. The lowest BCUT2D eigenvalue weighted by atomic mass is 9.73. The fraction of sp³-hybridized carbons (Fsp3) is 0.400. The summed E-state index contributed by atoms with van der Waals surface area (Å²) in [5.41, 5.74) is 2.43. The molecule has 0 radical (unpaired) electrons. The monoisotopic (exact) mass is 243 g/mol. The first-order valence-corrected chi connectivity index (χ1v) is 6.40. The third-order valence-electron chi connectivity index (χ3n) is 4.01. The summed E-state index contributed by atoms with van der Waals surface area (Å²) in [6, 6.07) is 10.1. The van der Waals surface area contributed by atoms with Gasteiger partial charge in [-0.15, -0.1) is 0 Å². The molecule has 1 aromatic heterocycles. The Balaban J connectivity index is 2.25. The van der Waals surface area contributed by atoms with Crippen molar-refractivity contribution in [2.45, 2.75) is 24.7 Å². The molecule has 1 aliphatic rings. The van der Waals surface area contributed by atoms with E-state index < -0.39 is 5.41 Å². The van der Waals surface area contributed by atoms with Crippen molar-refractivity contribution in [3.63, 3.8) is 0 Å². The van der Waals surface area contributed by atoms with Crippen molar-refractivity contribution in [2.24, 2.45) is 0 Å². The number of hydrogen-bond acceptors (Lipinski definition) is 3. The first kappa shape index (κ1) is 11.6.